The Labute approximate surface area is 284 Å². The molecule has 14 heteroatoms. The largest absolute Gasteiger partial charge is 0.480 e. The Morgan fingerprint density at radius 1 is 0.565 bits per heavy atom. The standard InChI is InChI=1S/C32H41Br2N5O7/c33-23-4-6-27-25(18-23)32(46)26-19-24(34)5-7-28(26)39(27)9-3-1-2-8-35-10-12-36(20-29(40)41)14-16-38(22-31(44)45)17-15-37(13-11-35)21-30(42)43/h4-7,18-19H,1-3,8-17,20-22H2,(H,40,41)(H,42,43)(H,44,45). The number of aromatic nitrogens is 1. The fourth-order valence-electron chi connectivity index (χ4n) is 6.00. The lowest BCUT2D eigenvalue weighted by Gasteiger charge is -2.33. The first kappa shape index (κ1) is 36.0. The van der Waals surface area contributed by atoms with Crippen LogP contribution >= 0.6 is 31.9 Å². The third-order valence-electron chi connectivity index (χ3n) is 8.35. The quantitative estimate of drug-likeness (QED) is 0.184. The van der Waals surface area contributed by atoms with Gasteiger partial charge in [-0.1, -0.05) is 38.3 Å². The Morgan fingerprint density at radius 3 is 1.33 bits per heavy atom. The van der Waals surface area contributed by atoms with E-state index in [0.29, 0.717) is 63.1 Å². The molecule has 12 nitrogen and oxygen atoms in total. The van der Waals surface area contributed by atoms with Crippen molar-refractivity contribution in [2.24, 2.45) is 0 Å². The molecule has 2 aromatic carbocycles. The van der Waals surface area contributed by atoms with E-state index in [-0.39, 0.29) is 25.1 Å². The molecule has 0 bridgehead atoms. The van der Waals surface area contributed by atoms with Gasteiger partial charge in [-0.15, -0.1) is 0 Å². The molecule has 0 atom stereocenters. The number of carbonyl (C=O) groups is 3. The highest BCUT2D eigenvalue weighted by atomic mass is 79.9. The van der Waals surface area contributed by atoms with Crippen LogP contribution in [-0.2, 0) is 20.9 Å². The van der Waals surface area contributed by atoms with Gasteiger partial charge in [-0.05, 0) is 55.8 Å². The van der Waals surface area contributed by atoms with Crippen LogP contribution in [0, 0.1) is 0 Å². The lowest BCUT2D eigenvalue weighted by Crippen LogP contribution is -2.48. The summed E-state index contributed by atoms with van der Waals surface area (Å²) in [6.45, 7) is 4.88. The van der Waals surface area contributed by atoms with Crippen LogP contribution in [0.15, 0.2) is 50.1 Å². The van der Waals surface area contributed by atoms with Crippen LogP contribution < -0.4 is 5.43 Å². The van der Waals surface area contributed by atoms with Gasteiger partial charge in [0.25, 0.3) is 0 Å². The Balaban J connectivity index is 1.42. The number of hydrogen-bond donors (Lipinski definition) is 3. The van der Waals surface area contributed by atoms with Crippen LogP contribution in [0.5, 0.6) is 0 Å². The monoisotopic (exact) mass is 765 g/mol. The summed E-state index contributed by atoms with van der Waals surface area (Å²) in [5.74, 6) is -2.84. The van der Waals surface area contributed by atoms with E-state index < -0.39 is 17.9 Å². The third-order valence-corrected chi connectivity index (χ3v) is 9.34. The number of pyridine rings is 1. The van der Waals surface area contributed by atoms with E-state index >= 15 is 0 Å². The number of aliphatic carboxylic acids is 3. The van der Waals surface area contributed by atoms with Gasteiger partial charge in [0.1, 0.15) is 0 Å². The summed E-state index contributed by atoms with van der Waals surface area (Å²) < 4.78 is 3.92. The molecule has 1 aromatic heterocycles. The minimum absolute atomic E-state index is 0.00244. The van der Waals surface area contributed by atoms with Crippen molar-refractivity contribution in [1.82, 2.24) is 24.2 Å². The van der Waals surface area contributed by atoms with Crippen LogP contribution in [0.3, 0.4) is 0 Å². The zero-order chi connectivity index (χ0) is 33.2. The van der Waals surface area contributed by atoms with Gasteiger partial charge >= 0.3 is 17.9 Å². The van der Waals surface area contributed by atoms with Gasteiger partial charge in [0.2, 0.25) is 0 Å². The normalized spacial score (nSPS) is 16.7. The maximum atomic E-state index is 13.3. The molecule has 1 saturated heterocycles. The van der Waals surface area contributed by atoms with Crippen LogP contribution in [0.2, 0.25) is 0 Å². The molecule has 46 heavy (non-hydrogen) atoms. The van der Waals surface area contributed by atoms with Crippen molar-refractivity contribution in [3.63, 3.8) is 0 Å². The average Bonchev–Trinajstić information content (AvgIpc) is 2.98. The molecule has 250 valence electrons. The van der Waals surface area contributed by atoms with Gasteiger partial charge in [0.15, 0.2) is 5.43 Å². The molecular weight excluding hydrogens is 726 g/mol. The number of nitrogens with zero attached hydrogens (tertiary/aromatic N) is 5. The SMILES string of the molecule is O=C(O)CN1CCN(CCCCCn2c3ccc(Br)cc3c(=O)c3cc(Br)ccc32)CCN(CC(=O)O)CCN(CC(=O)O)CC1. The number of aryl methyl sites for hydroxylation is 1. The lowest BCUT2D eigenvalue weighted by atomic mass is 10.1. The highest BCUT2D eigenvalue weighted by Crippen LogP contribution is 2.25. The molecule has 1 aliphatic rings. The average molecular weight is 768 g/mol. The molecule has 0 unspecified atom stereocenters. The van der Waals surface area contributed by atoms with E-state index in [1.165, 1.54) is 0 Å². The second-order valence-electron chi connectivity index (χ2n) is 11.7. The molecule has 4 rings (SSSR count). The van der Waals surface area contributed by atoms with Gasteiger partial charge in [0, 0.05) is 78.6 Å². The maximum Gasteiger partial charge on any atom is 0.317 e. The Morgan fingerprint density at radius 2 is 0.935 bits per heavy atom. The van der Waals surface area contributed by atoms with E-state index in [9.17, 15) is 34.5 Å². The van der Waals surface area contributed by atoms with Gasteiger partial charge in [-0.3, -0.25) is 33.9 Å². The van der Waals surface area contributed by atoms with E-state index in [0.717, 1.165) is 52.3 Å². The smallest absolute Gasteiger partial charge is 0.317 e. The minimum Gasteiger partial charge on any atom is -0.480 e. The van der Waals surface area contributed by atoms with E-state index in [1.807, 2.05) is 46.2 Å². The number of halogens is 2. The van der Waals surface area contributed by atoms with E-state index in [2.05, 4.69) is 41.3 Å². The van der Waals surface area contributed by atoms with Crippen LogP contribution in [0.4, 0.5) is 0 Å². The van der Waals surface area contributed by atoms with Gasteiger partial charge in [-0.2, -0.15) is 0 Å². The van der Waals surface area contributed by atoms with Crippen molar-refractivity contribution in [1.29, 1.82) is 0 Å². The van der Waals surface area contributed by atoms with Gasteiger partial charge < -0.3 is 24.8 Å². The fourth-order valence-corrected chi connectivity index (χ4v) is 6.72. The third kappa shape index (κ3) is 10.6. The Kier molecular flexibility index (Phi) is 13.5. The lowest BCUT2D eigenvalue weighted by molar-refractivity contribution is -0.140. The first-order valence-electron chi connectivity index (χ1n) is 15.5. The maximum absolute atomic E-state index is 13.3. The van der Waals surface area contributed by atoms with Crippen molar-refractivity contribution < 1.29 is 29.7 Å². The van der Waals surface area contributed by atoms with Crippen LogP contribution in [-0.4, -0.2) is 136 Å². The topological polar surface area (TPSA) is 147 Å². The second-order valence-corrected chi connectivity index (χ2v) is 13.5. The summed E-state index contributed by atoms with van der Waals surface area (Å²) >= 11 is 7.00. The molecule has 0 aliphatic carbocycles. The highest BCUT2D eigenvalue weighted by Gasteiger charge is 2.20. The van der Waals surface area contributed by atoms with E-state index in [4.69, 9.17) is 0 Å². The number of fused-ring (bicyclic) bond motifs is 2. The number of carboxylic acid groups (broad SMARTS) is 3. The molecule has 0 spiro atoms. The summed E-state index contributed by atoms with van der Waals surface area (Å²) in [5.41, 5.74) is 1.79. The molecular formula is C32H41Br2N5O7. The number of benzene rings is 2. The number of rotatable bonds is 12. The number of hydrogen-bond acceptors (Lipinski definition) is 8. The van der Waals surface area contributed by atoms with E-state index in [1.54, 1.807) is 4.90 Å². The molecule has 3 aromatic rings. The highest BCUT2D eigenvalue weighted by molar-refractivity contribution is 9.10. The van der Waals surface area contributed by atoms with Crippen molar-refractivity contribution >= 4 is 71.6 Å². The van der Waals surface area contributed by atoms with Crippen LogP contribution in [0.1, 0.15) is 19.3 Å². The van der Waals surface area contributed by atoms with Crippen molar-refractivity contribution in [2.75, 3.05) is 78.5 Å². The predicted molar refractivity (Wildman–Crippen MR) is 184 cm³/mol. The number of unbranched alkanes of at least 4 members (excludes halogenated alkanes) is 2. The molecule has 3 N–H and O–H groups in total. The van der Waals surface area contributed by atoms with Crippen molar-refractivity contribution in [3.8, 4) is 0 Å². The Bertz CT molecular complexity index is 1500. The Hall–Kier alpha value is -2.88. The molecule has 2 heterocycles. The summed E-state index contributed by atoms with van der Waals surface area (Å²) in [7, 11) is 0. The minimum atomic E-state index is -0.976. The summed E-state index contributed by atoms with van der Waals surface area (Å²) in [5, 5.41) is 29.6. The summed E-state index contributed by atoms with van der Waals surface area (Å²) in [6.07, 6.45) is 2.72. The first-order chi connectivity index (χ1) is 22.0. The zero-order valence-corrected chi connectivity index (χ0v) is 28.9. The molecule has 0 radical (unpaired) electrons. The summed E-state index contributed by atoms with van der Waals surface area (Å²) in [4.78, 5) is 55.5. The molecule has 1 aliphatic heterocycles. The van der Waals surface area contributed by atoms with Crippen LogP contribution in [0.25, 0.3) is 21.8 Å². The predicted octanol–water partition coefficient (Wildman–Crippen LogP) is 3.33. The van der Waals surface area contributed by atoms with Crippen molar-refractivity contribution in [3.05, 3.63) is 55.6 Å². The molecule has 0 amide bonds. The van der Waals surface area contributed by atoms with Gasteiger partial charge in [0.05, 0.1) is 30.7 Å². The molecule has 0 saturated carbocycles. The van der Waals surface area contributed by atoms with Gasteiger partial charge in [-0.25, -0.2) is 0 Å². The number of carboxylic acids is 3. The molecule has 1 fully saturated rings. The first-order valence-corrected chi connectivity index (χ1v) is 17.0. The van der Waals surface area contributed by atoms with Crippen molar-refractivity contribution in [2.45, 2.75) is 25.8 Å². The second kappa shape index (κ2) is 17.3. The zero-order valence-electron chi connectivity index (χ0n) is 25.7. The fraction of sp³-hybridized carbons (Fsp3) is 0.500. The summed E-state index contributed by atoms with van der Waals surface area (Å²) in [6, 6.07) is 11.6.